The zero-order valence-corrected chi connectivity index (χ0v) is 12.2. The van der Waals surface area contributed by atoms with E-state index < -0.39 is 10.0 Å². The summed E-state index contributed by atoms with van der Waals surface area (Å²) in [6.07, 6.45) is 3.48. The largest absolute Gasteiger partial charge is 0.312 e. The summed E-state index contributed by atoms with van der Waals surface area (Å²) >= 11 is 1.49. The van der Waals surface area contributed by atoms with Crippen molar-refractivity contribution >= 4 is 21.4 Å². The molecule has 0 aromatic carbocycles. The molecule has 1 aliphatic rings. The molecule has 4 nitrogen and oxygen atoms in total. The van der Waals surface area contributed by atoms with Crippen LogP contribution in [0.25, 0.3) is 0 Å². The van der Waals surface area contributed by atoms with E-state index in [-0.39, 0.29) is 0 Å². The van der Waals surface area contributed by atoms with Crippen LogP contribution in [-0.4, -0.2) is 21.5 Å². The van der Waals surface area contributed by atoms with E-state index in [1.807, 2.05) is 6.92 Å². The quantitative estimate of drug-likeness (QED) is 0.768. The molecule has 1 aromatic heterocycles. The first-order valence-corrected chi connectivity index (χ1v) is 8.76. The summed E-state index contributed by atoms with van der Waals surface area (Å²) in [5.74, 6) is 0.750. The van der Waals surface area contributed by atoms with Crippen molar-refractivity contribution in [3.8, 4) is 0 Å². The molecular formula is C12H20N2O2S2. The minimum Gasteiger partial charge on any atom is -0.312 e. The molecule has 1 fully saturated rings. The van der Waals surface area contributed by atoms with E-state index in [4.69, 9.17) is 0 Å². The molecule has 1 aromatic rings. The van der Waals surface area contributed by atoms with Crippen LogP contribution in [0.1, 0.15) is 31.1 Å². The molecule has 0 spiro atoms. The Morgan fingerprint density at radius 2 is 2.22 bits per heavy atom. The third-order valence-corrected chi connectivity index (χ3v) is 5.56. The van der Waals surface area contributed by atoms with Gasteiger partial charge in [-0.2, -0.15) is 0 Å². The van der Waals surface area contributed by atoms with Gasteiger partial charge in [-0.1, -0.05) is 19.8 Å². The molecule has 0 bridgehead atoms. The Morgan fingerprint density at radius 3 is 2.89 bits per heavy atom. The summed E-state index contributed by atoms with van der Waals surface area (Å²) in [6.45, 7) is 4.22. The van der Waals surface area contributed by atoms with Crippen molar-refractivity contribution in [1.29, 1.82) is 0 Å². The van der Waals surface area contributed by atoms with Crippen molar-refractivity contribution in [3.63, 3.8) is 0 Å². The molecule has 2 N–H and O–H groups in total. The topological polar surface area (TPSA) is 58.2 Å². The van der Waals surface area contributed by atoms with Gasteiger partial charge in [0.25, 0.3) is 0 Å². The zero-order valence-electron chi connectivity index (χ0n) is 10.6. The predicted molar refractivity (Wildman–Crippen MR) is 74.2 cm³/mol. The van der Waals surface area contributed by atoms with Crippen molar-refractivity contribution in [2.45, 2.75) is 37.6 Å². The lowest BCUT2D eigenvalue weighted by atomic mass is 10.3. The van der Waals surface area contributed by atoms with E-state index in [1.54, 1.807) is 11.4 Å². The lowest BCUT2D eigenvalue weighted by molar-refractivity contribution is 0.575. The SMILES string of the molecule is CCNCc1cc(S(=O)(=O)NCCC2CC2)cs1. The van der Waals surface area contributed by atoms with Gasteiger partial charge in [-0.15, -0.1) is 11.3 Å². The first-order valence-electron chi connectivity index (χ1n) is 6.39. The van der Waals surface area contributed by atoms with Crippen molar-refractivity contribution in [2.24, 2.45) is 5.92 Å². The maximum absolute atomic E-state index is 12.0. The van der Waals surface area contributed by atoms with E-state index in [0.29, 0.717) is 11.4 Å². The van der Waals surface area contributed by atoms with Crippen LogP contribution in [0, 0.1) is 5.92 Å². The Morgan fingerprint density at radius 1 is 1.44 bits per heavy atom. The average molecular weight is 288 g/mol. The smallest absolute Gasteiger partial charge is 0.241 e. The number of sulfonamides is 1. The van der Waals surface area contributed by atoms with Crippen LogP contribution < -0.4 is 10.0 Å². The molecule has 1 aliphatic carbocycles. The molecule has 102 valence electrons. The molecule has 0 saturated heterocycles. The molecule has 0 amide bonds. The van der Waals surface area contributed by atoms with Gasteiger partial charge >= 0.3 is 0 Å². The molecule has 2 rings (SSSR count). The monoisotopic (exact) mass is 288 g/mol. The average Bonchev–Trinajstić information content (AvgIpc) is 3.02. The fraction of sp³-hybridized carbons (Fsp3) is 0.667. The van der Waals surface area contributed by atoms with Gasteiger partial charge in [-0.3, -0.25) is 0 Å². The summed E-state index contributed by atoms with van der Waals surface area (Å²) in [5.41, 5.74) is 0. The Bertz CT molecular complexity index is 478. The molecule has 18 heavy (non-hydrogen) atoms. The van der Waals surface area contributed by atoms with Crippen LogP contribution >= 0.6 is 11.3 Å². The van der Waals surface area contributed by atoms with E-state index in [9.17, 15) is 8.42 Å². The van der Waals surface area contributed by atoms with Crippen molar-refractivity contribution in [3.05, 3.63) is 16.3 Å². The van der Waals surface area contributed by atoms with Crippen LogP contribution in [0.2, 0.25) is 0 Å². The van der Waals surface area contributed by atoms with E-state index in [1.165, 1.54) is 24.2 Å². The van der Waals surface area contributed by atoms with Crippen LogP contribution in [0.5, 0.6) is 0 Å². The van der Waals surface area contributed by atoms with Gasteiger partial charge in [-0.05, 0) is 24.9 Å². The van der Waals surface area contributed by atoms with Crippen molar-refractivity contribution in [1.82, 2.24) is 10.0 Å². The number of thiophene rings is 1. The van der Waals surface area contributed by atoms with Crippen molar-refractivity contribution in [2.75, 3.05) is 13.1 Å². The highest BCUT2D eigenvalue weighted by Gasteiger charge is 2.22. The highest BCUT2D eigenvalue weighted by Crippen LogP contribution is 2.31. The third-order valence-electron chi connectivity index (χ3n) is 3.03. The predicted octanol–water partition coefficient (Wildman–Crippen LogP) is 1.94. The Hall–Kier alpha value is -0.430. The van der Waals surface area contributed by atoms with Crippen LogP contribution in [0.4, 0.5) is 0 Å². The van der Waals surface area contributed by atoms with E-state index in [2.05, 4.69) is 10.0 Å². The number of nitrogens with one attached hydrogen (secondary N) is 2. The number of rotatable bonds is 8. The van der Waals surface area contributed by atoms with Gasteiger partial charge in [-0.25, -0.2) is 13.1 Å². The molecule has 1 saturated carbocycles. The molecule has 6 heteroatoms. The minimum absolute atomic E-state index is 0.399. The third kappa shape index (κ3) is 4.05. The fourth-order valence-corrected chi connectivity index (χ4v) is 4.02. The van der Waals surface area contributed by atoms with Crippen molar-refractivity contribution < 1.29 is 8.42 Å². The van der Waals surface area contributed by atoms with Crippen LogP contribution in [0.15, 0.2) is 16.3 Å². The molecule has 0 unspecified atom stereocenters. The van der Waals surface area contributed by atoms with Gasteiger partial charge in [0, 0.05) is 23.3 Å². The standard InChI is InChI=1S/C12H20N2O2S2/c1-2-13-8-11-7-12(9-17-11)18(15,16)14-6-5-10-3-4-10/h7,9-10,13-14H,2-6,8H2,1H3. The molecule has 0 radical (unpaired) electrons. The Labute approximate surface area is 113 Å². The maximum atomic E-state index is 12.0. The lowest BCUT2D eigenvalue weighted by Crippen LogP contribution is -2.24. The lowest BCUT2D eigenvalue weighted by Gasteiger charge is -2.03. The first-order chi connectivity index (χ1) is 8.62. The molecule has 0 atom stereocenters. The van der Waals surface area contributed by atoms with Crippen LogP contribution in [-0.2, 0) is 16.6 Å². The molecule has 1 heterocycles. The zero-order chi connectivity index (χ0) is 13.0. The summed E-state index contributed by atoms with van der Waals surface area (Å²) in [5, 5.41) is 4.91. The highest BCUT2D eigenvalue weighted by molar-refractivity contribution is 7.89. The summed E-state index contributed by atoms with van der Waals surface area (Å²) < 4.78 is 26.7. The summed E-state index contributed by atoms with van der Waals surface area (Å²) in [7, 11) is -3.30. The molecular weight excluding hydrogens is 268 g/mol. The summed E-state index contributed by atoms with van der Waals surface area (Å²) in [6, 6.07) is 1.76. The number of hydrogen-bond donors (Lipinski definition) is 2. The first kappa shape index (κ1) is 14.0. The molecule has 0 aliphatic heterocycles. The fourth-order valence-electron chi connectivity index (χ4n) is 1.73. The van der Waals surface area contributed by atoms with Gasteiger partial charge < -0.3 is 5.32 Å². The van der Waals surface area contributed by atoms with Gasteiger partial charge in [0.15, 0.2) is 0 Å². The minimum atomic E-state index is -3.30. The second-order valence-electron chi connectivity index (χ2n) is 4.66. The summed E-state index contributed by atoms with van der Waals surface area (Å²) in [4.78, 5) is 1.45. The van der Waals surface area contributed by atoms with Gasteiger partial charge in [0.05, 0.1) is 4.90 Å². The van der Waals surface area contributed by atoms with E-state index in [0.717, 1.165) is 30.3 Å². The Kier molecular flexibility index (Phi) is 4.77. The number of hydrogen-bond acceptors (Lipinski definition) is 4. The van der Waals surface area contributed by atoms with Gasteiger partial charge in [0.2, 0.25) is 10.0 Å². The second-order valence-corrected chi connectivity index (χ2v) is 7.42. The normalized spacial score (nSPS) is 16.1. The Balaban J connectivity index is 1.88. The second kappa shape index (κ2) is 6.14. The van der Waals surface area contributed by atoms with Gasteiger partial charge in [0.1, 0.15) is 0 Å². The van der Waals surface area contributed by atoms with Crippen LogP contribution in [0.3, 0.4) is 0 Å². The van der Waals surface area contributed by atoms with E-state index >= 15 is 0 Å². The highest BCUT2D eigenvalue weighted by atomic mass is 32.2. The maximum Gasteiger partial charge on any atom is 0.241 e.